The van der Waals surface area contributed by atoms with E-state index in [-0.39, 0.29) is 11.0 Å². The Hall–Kier alpha value is -2.38. The van der Waals surface area contributed by atoms with Crippen LogP contribution >= 0.6 is 11.6 Å². The van der Waals surface area contributed by atoms with Crippen molar-refractivity contribution in [2.75, 3.05) is 32.5 Å². The minimum Gasteiger partial charge on any atom is -0.480 e. The summed E-state index contributed by atoms with van der Waals surface area (Å²) in [6.45, 7) is 0.901. The van der Waals surface area contributed by atoms with Gasteiger partial charge in [-0.3, -0.25) is 14.2 Å². The minimum absolute atomic E-state index is 0.0599. The second-order valence-electron chi connectivity index (χ2n) is 5.83. The van der Waals surface area contributed by atoms with Gasteiger partial charge in [0.15, 0.2) is 11.0 Å². The number of carboxylic acid groups (broad SMARTS) is 1. The van der Waals surface area contributed by atoms with Crippen LogP contribution in [-0.2, 0) is 11.3 Å². The van der Waals surface area contributed by atoms with Gasteiger partial charge in [0.1, 0.15) is 6.54 Å². The summed E-state index contributed by atoms with van der Waals surface area (Å²) in [6.07, 6.45) is 0.811. The summed E-state index contributed by atoms with van der Waals surface area (Å²) in [5, 5.41) is 12.2. The van der Waals surface area contributed by atoms with Crippen LogP contribution in [0.5, 0.6) is 0 Å². The van der Waals surface area contributed by atoms with E-state index < -0.39 is 18.1 Å². The largest absolute Gasteiger partial charge is 0.480 e. The number of hydrogen-bond donors (Lipinski definition) is 2. The molecule has 8 heteroatoms. The monoisotopic (exact) mass is 364 g/mol. The van der Waals surface area contributed by atoms with Gasteiger partial charge in [-0.25, -0.2) is 4.98 Å². The van der Waals surface area contributed by atoms with Crippen LogP contribution in [0, 0.1) is 0 Å². The van der Waals surface area contributed by atoms with E-state index in [2.05, 4.69) is 10.3 Å². The van der Waals surface area contributed by atoms with Crippen LogP contribution in [0.25, 0.3) is 11.3 Å². The van der Waals surface area contributed by atoms with E-state index in [0.717, 1.165) is 17.5 Å². The van der Waals surface area contributed by atoms with Gasteiger partial charge in [-0.05, 0) is 27.1 Å². The van der Waals surface area contributed by atoms with E-state index in [9.17, 15) is 14.7 Å². The minimum atomic E-state index is -1.12. The van der Waals surface area contributed by atoms with Gasteiger partial charge >= 0.3 is 5.97 Å². The van der Waals surface area contributed by atoms with Gasteiger partial charge < -0.3 is 15.3 Å². The fourth-order valence-corrected chi connectivity index (χ4v) is 2.71. The Kier molecular flexibility index (Phi) is 6.55. The molecule has 0 aliphatic heterocycles. The fraction of sp³-hybridized carbons (Fsp3) is 0.353. The normalized spacial score (nSPS) is 10.9. The van der Waals surface area contributed by atoms with E-state index in [1.54, 1.807) is 24.3 Å². The van der Waals surface area contributed by atoms with Crippen molar-refractivity contribution in [3.8, 4) is 11.3 Å². The van der Waals surface area contributed by atoms with Crippen LogP contribution in [-0.4, -0.2) is 52.7 Å². The second kappa shape index (κ2) is 8.64. The molecule has 1 aromatic heterocycles. The van der Waals surface area contributed by atoms with Gasteiger partial charge in [-0.2, -0.15) is 0 Å². The Balaban J connectivity index is 2.40. The Morgan fingerprint density at radius 2 is 2.00 bits per heavy atom. The number of halogens is 1. The lowest BCUT2D eigenvalue weighted by atomic mass is 10.1. The molecule has 0 unspecified atom stereocenters. The summed E-state index contributed by atoms with van der Waals surface area (Å²) in [4.78, 5) is 30.1. The van der Waals surface area contributed by atoms with Crippen LogP contribution in [0.1, 0.15) is 6.42 Å². The molecule has 0 aliphatic rings. The fourth-order valence-electron chi connectivity index (χ4n) is 2.41. The molecule has 25 heavy (non-hydrogen) atoms. The van der Waals surface area contributed by atoms with Crippen molar-refractivity contribution in [1.29, 1.82) is 0 Å². The molecule has 0 fully saturated rings. The first-order chi connectivity index (χ1) is 11.9. The summed E-state index contributed by atoms with van der Waals surface area (Å²) < 4.78 is 1.14. The average molecular weight is 365 g/mol. The molecule has 0 atom stereocenters. The van der Waals surface area contributed by atoms with Crippen LogP contribution in [0.15, 0.2) is 35.1 Å². The van der Waals surface area contributed by atoms with E-state index in [1.807, 2.05) is 25.1 Å². The molecule has 2 aromatic rings. The van der Waals surface area contributed by atoms with Gasteiger partial charge in [-0.15, -0.1) is 0 Å². The zero-order valence-corrected chi connectivity index (χ0v) is 15.0. The van der Waals surface area contributed by atoms with Gasteiger partial charge in [-0.1, -0.05) is 41.9 Å². The molecular formula is C17H21ClN4O3. The number of nitrogens with one attached hydrogen (secondary N) is 1. The zero-order valence-electron chi connectivity index (χ0n) is 14.2. The molecule has 0 amide bonds. The highest BCUT2D eigenvalue weighted by atomic mass is 35.5. The molecule has 1 heterocycles. The van der Waals surface area contributed by atoms with E-state index in [1.165, 1.54) is 0 Å². The van der Waals surface area contributed by atoms with Gasteiger partial charge in [0.25, 0.3) is 5.56 Å². The molecule has 0 saturated heterocycles. The molecule has 0 bridgehead atoms. The summed E-state index contributed by atoms with van der Waals surface area (Å²) in [5.41, 5.74) is 0.432. The lowest BCUT2D eigenvalue weighted by Crippen LogP contribution is -2.30. The molecular weight excluding hydrogens is 344 g/mol. The first-order valence-corrected chi connectivity index (χ1v) is 8.24. The van der Waals surface area contributed by atoms with Crippen LogP contribution in [0.2, 0.25) is 5.15 Å². The third kappa shape index (κ3) is 5.04. The Bertz CT molecular complexity index is 790. The summed E-state index contributed by atoms with van der Waals surface area (Å²) in [7, 11) is 3.92. The highest BCUT2D eigenvalue weighted by Crippen LogP contribution is 2.26. The van der Waals surface area contributed by atoms with E-state index in [0.29, 0.717) is 17.8 Å². The standard InChI is InChI=1S/C17H21ClN4O3/c1-21(2)10-6-9-19-16-17(25)22(11-13(23)24)14(15(18)20-16)12-7-4-3-5-8-12/h3-5,7-8H,6,9-11H2,1-2H3,(H,19,20)(H,23,24). The lowest BCUT2D eigenvalue weighted by molar-refractivity contribution is -0.137. The molecule has 1 aromatic carbocycles. The zero-order chi connectivity index (χ0) is 18.4. The highest BCUT2D eigenvalue weighted by Gasteiger charge is 2.18. The van der Waals surface area contributed by atoms with Crippen molar-refractivity contribution < 1.29 is 9.90 Å². The van der Waals surface area contributed by atoms with Gasteiger partial charge in [0.05, 0.1) is 5.69 Å². The van der Waals surface area contributed by atoms with Crippen LogP contribution in [0.4, 0.5) is 5.82 Å². The summed E-state index contributed by atoms with van der Waals surface area (Å²) in [5.74, 6) is -1.07. The smallest absolute Gasteiger partial charge is 0.323 e. The number of rotatable bonds is 8. The third-order valence-electron chi connectivity index (χ3n) is 3.54. The Morgan fingerprint density at radius 1 is 1.32 bits per heavy atom. The van der Waals surface area contributed by atoms with Gasteiger partial charge in [0, 0.05) is 12.1 Å². The number of hydrogen-bond acceptors (Lipinski definition) is 5. The quantitative estimate of drug-likeness (QED) is 0.697. The Morgan fingerprint density at radius 3 is 2.60 bits per heavy atom. The first-order valence-electron chi connectivity index (χ1n) is 7.86. The Labute approximate surface area is 150 Å². The molecule has 2 rings (SSSR count). The molecule has 7 nitrogen and oxygen atoms in total. The first kappa shape index (κ1) is 19.0. The molecule has 0 spiro atoms. The predicted molar refractivity (Wildman–Crippen MR) is 98.2 cm³/mol. The number of aromatic nitrogens is 2. The number of carbonyl (C=O) groups is 1. The summed E-state index contributed by atoms with van der Waals surface area (Å²) >= 11 is 6.28. The van der Waals surface area contributed by atoms with Crippen molar-refractivity contribution >= 4 is 23.4 Å². The number of benzene rings is 1. The second-order valence-corrected chi connectivity index (χ2v) is 6.19. The number of carboxylic acids is 1. The predicted octanol–water partition coefficient (Wildman–Crippen LogP) is 2.01. The lowest BCUT2D eigenvalue weighted by Gasteiger charge is -2.15. The van der Waals surface area contributed by atoms with Crippen molar-refractivity contribution in [2.45, 2.75) is 13.0 Å². The number of aliphatic carboxylic acids is 1. The number of anilines is 1. The van der Waals surface area contributed by atoms with Crippen molar-refractivity contribution in [3.63, 3.8) is 0 Å². The maximum atomic E-state index is 12.7. The third-order valence-corrected chi connectivity index (χ3v) is 3.80. The summed E-state index contributed by atoms with van der Waals surface area (Å²) in [6, 6.07) is 8.91. The molecule has 2 N–H and O–H groups in total. The topological polar surface area (TPSA) is 87.5 Å². The highest BCUT2D eigenvalue weighted by molar-refractivity contribution is 6.32. The molecule has 0 aliphatic carbocycles. The van der Waals surface area contributed by atoms with Crippen molar-refractivity contribution in [2.24, 2.45) is 0 Å². The van der Waals surface area contributed by atoms with Gasteiger partial charge in [0.2, 0.25) is 0 Å². The SMILES string of the molecule is CN(C)CCCNc1nc(Cl)c(-c2ccccc2)n(CC(=O)O)c1=O. The van der Waals surface area contributed by atoms with Crippen molar-refractivity contribution in [3.05, 3.63) is 45.8 Å². The molecule has 0 saturated carbocycles. The van der Waals surface area contributed by atoms with Crippen LogP contribution in [0.3, 0.4) is 0 Å². The van der Waals surface area contributed by atoms with Crippen LogP contribution < -0.4 is 10.9 Å². The average Bonchev–Trinajstić information content (AvgIpc) is 2.56. The van der Waals surface area contributed by atoms with E-state index >= 15 is 0 Å². The molecule has 0 radical (unpaired) electrons. The maximum absolute atomic E-state index is 12.7. The molecule has 134 valence electrons. The van der Waals surface area contributed by atoms with E-state index in [4.69, 9.17) is 11.6 Å². The van der Waals surface area contributed by atoms with Crippen molar-refractivity contribution in [1.82, 2.24) is 14.5 Å². The maximum Gasteiger partial charge on any atom is 0.323 e. The number of nitrogens with zero attached hydrogens (tertiary/aromatic N) is 3.